The topological polar surface area (TPSA) is 52.3 Å². The lowest BCUT2D eigenvalue weighted by Gasteiger charge is -2.17. The number of carbonyl (C=O) groups is 1. The number of benzene rings is 1. The maximum absolute atomic E-state index is 13.3. The summed E-state index contributed by atoms with van der Waals surface area (Å²) >= 11 is 0. The van der Waals surface area contributed by atoms with E-state index in [9.17, 15) is 13.6 Å². The van der Waals surface area contributed by atoms with Crippen molar-refractivity contribution in [2.75, 3.05) is 13.7 Å². The standard InChI is InChI=1S/C11H13F2NO2/c1-11(12,13)7-4-3-5-9(16-2)10(7)8(15)6-14/h3-5H,6,14H2,1-2H3. The van der Waals surface area contributed by atoms with Gasteiger partial charge in [-0.2, -0.15) is 0 Å². The van der Waals surface area contributed by atoms with Gasteiger partial charge in [0.25, 0.3) is 5.92 Å². The molecule has 0 atom stereocenters. The van der Waals surface area contributed by atoms with Crippen molar-refractivity contribution < 1.29 is 18.3 Å². The molecule has 2 N–H and O–H groups in total. The van der Waals surface area contributed by atoms with Crippen LogP contribution in [0.2, 0.25) is 0 Å². The molecular formula is C11H13F2NO2. The zero-order chi connectivity index (χ0) is 12.3. The predicted molar refractivity (Wildman–Crippen MR) is 55.9 cm³/mol. The van der Waals surface area contributed by atoms with E-state index in [0.717, 1.165) is 6.92 Å². The molecule has 0 amide bonds. The Morgan fingerprint density at radius 2 is 2.12 bits per heavy atom. The number of nitrogens with two attached hydrogens (primary N) is 1. The third-order valence-corrected chi connectivity index (χ3v) is 2.18. The van der Waals surface area contributed by atoms with Crippen molar-refractivity contribution in [1.29, 1.82) is 0 Å². The van der Waals surface area contributed by atoms with E-state index in [4.69, 9.17) is 10.5 Å². The quantitative estimate of drug-likeness (QED) is 0.803. The van der Waals surface area contributed by atoms with Gasteiger partial charge < -0.3 is 10.5 Å². The second-order valence-corrected chi connectivity index (χ2v) is 3.40. The van der Waals surface area contributed by atoms with Crippen LogP contribution >= 0.6 is 0 Å². The van der Waals surface area contributed by atoms with Crippen molar-refractivity contribution >= 4 is 5.78 Å². The fourth-order valence-electron chi connectivity index (χ4n) is 1.46. The molecular weight excluding hydrogens is 216 g/mol. The van der Waals surface area contributed by atoms with Gasteiger partial charge in [0.2, 0.25) is 0 Å². The van der Waals surface area contributed by atoms with Crippen LogP contribution in [-0.2, 0) is 5.92 Å². The van der Waals surface area contributed by atoms with Crippen LogP contribution in [0.3, 0.4) is 0 Å². The summed E-state index contributed by atoms with van der Waals surface area (Å²) in [4.78, 5) is 11.5. The average Bonchev–Trinajstić information content (AvgIpc) is 2.25. The van der Waals surface area contributed by atoms with Gasteiger partial charge in [-0.3, -0.25) is 4.79 Å². The highest BCUT2D eigenvalue weighted by Gasteiger charge is 2.31. The van der Waals surface area contributed by atoms with Gasteiger partial charge in [0, 0.05) is 12.5 Å². The Balaban J connectivity index is 3.44. The Morgan fingerprint density at radius 3 is 2.56 bits per heavy atom. The first-order valence-electron chi connectivity index (χ1n) is 4.70. The molecule has 0 fully saturated rings. The van der Waals surface area contributed by atoms with Gasteiger partial charge in [-0.25, -0.2) is 8.78 Å². The monoisotopic (exact) mass is 229 g/mol. The van der Waals surface area contributed by atoms with E-state index < -0.39 is 11.7 Å². The molecule has 0 saturated carbocycles. The second kappa shape index (κ2) is 4.57. The van der Waals surface area contributed by atoms with E-state index in [1.807, 2.05) is 0 Å². The molecule has 0 aliphatic carbocycles. The van der Waals surface area contributed by atoms with Crippen molar-refractivity contribution in [3.8, 4) is 5.75 Å². The fourth-order valence-corrected chi connectivity index (χ4v) is 1.46. The van der Waals surface area contributed by atoms with Crippen LogP contribution in [0.1, 0.15) is 22.8 Å². The summed E-state index contributed by atoms with van der Waals surface area (Å²) in [6.45, 7) is 0.401. The van der Waals surface area contributed by atoms with Crippen LogP contribution in [0.4, 0.5) is 8.78 Å². The molecule has 0 saturated heterocycles. The van der Waals surface area contributed by atoms with Crippen LogP contribution in [0.5, 0.6) is 5.75 Å². The van der Waals surface area contributed by atoms with E-state index in [0.29, 0.717) is 0 Å². The van der Waals surface area contributed by atoms with Crippen LogP contribution in [0.25, 0.3) is 0 Å². The maximum Gasteiger partial charge on any atom is 0.271 e. The summed E-state index contributed by atoms with van der Waals surface area (Å²) in [5.74, 6) is -3.54. The molecule has 0 aliphatic heterocycles. The number of Topliss-reactive ketones (excluding diaryl/α,β-unsaturated/α-hetero) is 1. The van der Waals surface area contributed by atoms with Crippen LogP contribution in [0.15, 0.2) is 18.2 Å². The summed E-state index contributed by atoms with van der Waals surface area (Å²) in [6.07, 6.45) is 0. The van der Waals surface area contributed by atoms with Crippen molar-refractivity contribution in [2.45, 2.75) is 12.8 Å². The van der Waals surface area contributed by atoms with Crippen LogP contribution in [0, 0.1) is 0 Å². The van der Waals surface area contributed by atoms with E-state index in [-0.39, 0.29) is 23.4 Å². The summed E-state index contributed by atoms with van der Waals surface area (Å²) in [5.41, 5.74) is 4.69. The smallest absolute Gasteiger partial charge is 0.271 e. The zero-order valence-corrected chi connectivity index (χ0v) is 9.09. The highest BCUT2D eigenvalue weighted by atomic mass is 19.3. The van der Waals surface area contributed by atoms with Gasteiger partial charge in [0.1, 0.15) is 5.75 Å². The molecule has 0 aromatic heterocycles. The molecule has 0 unspecified atom stereocenters. The van der Waals surface area contributed by atoms with Gasteiger partial charge in [-0.1, -0.05) is 12.1 Å². The SMILES string of the molecule is COc1cccc(C(C)(F)F)c1C(=O)CN. The van der Waals surface area contributed by atoms with Crippen molar-refractivity contribution in [3.63, 3.8) is 0 Å². The van der Waals surface area contributed by atoms with Crippen molar-refractivity contribution in [2.24, 2.45) is 5.73 Å². The summed E-state index contributed by atoms with van der Waals surface area (Å²) < 4.78 is 31.5. The summed E-state index contributed by atoms with van der Waals surface area (Å²) in [5, 5.41) is 0. The Labute approximate surface area is 92.2 Å². The second-order valence-electron chi connectivity index (χ2n) is 3.40. The van der Waals surface area contributed by atoms with Gasteiger partial charge in [0.15, 0.2) is 5.78 Å². The largest absolute Gasteiger partial charge is 0.496 e. The Bertz CT molecular complexity index is 399. The number of ketones is 1. The van der Waals surface area contributed by atoms with E-state index in [2.05, 4.69) is 0 Å². The molecule has 16 heavy (non-hydrogen) atoms. The van der Waals surface area contributed by atoms with E-state index in [1.165, 1.54) is 25.3 Å². The molecule has 5 heteroatoms. The molecule has 0 bridgehead atoms. The number of halogens is 2. The first-order chi connectivity index (χ1) is 7.41. The predicted octanol–water partition coefficient (Wildman–Crippen LogP) is 1.95. The molecule has 3 nitrogen and oxygen atoms in total. The molecule has 0 heterocycles. The third kappa shape index (κ3) is 2.36. The van der Waals surface area contributed by atoms with Gasteiger partial charge in [0.05, 0.1) is 19.2 Å². The molecule has 0 radical (unpaired) electrons. The van der Waals surface area contributed by atoms with Crippen LogP contribution in [-0.4, -0.2) is 19.4 Å². The van der Waals surface area contributed by atoms with Crippen molar-refractivity contribution in [1.82, 2.24) is 0 Å². The van der Waals surface area contributed by atoms with Crippen LogP contribution < -0.4 is 10.5 Å². The van der Waals surface area contributed by atoms with Gasteiger partial charge >= 0.3 is 0 Å². The third-order valence-electron chi connectivity index (χ3n) is 2.18. The Kier molecular flexibility index (Phi) is 3.59. The first kappa shape index (κ1) is 12.6. The molecule has 1 aromatic carbocycles. The fraction of sp³-hybridized carbons (Fsp3) is 0.364. The highest BCUT2D eigenvalue weighted by Crippen LogP contribution is 2.34. The normalized spacial score (nSPS) is 11.3. The molecule has 0 spiro atoms. The average molecular weight is 229 g/mol. The lowest BCUT2D eigenvalue weighted by Crippen LogP contribution is -2.20. The number of carbonyl (C=O) groups excluding carboxylic acids is 1. The number of rotatable bonds is 4. The Morgan fingerprint density at radius 1 is 1.50 bits per heavy atom. The number of ether oxygens (including phenoxy) is 1. The maximum atomic E-state index is 13.3. The van der Waals surface area contributed by atoms with Crippen molar-refractivity contribution in [3.05, 3.63) is 29.3 Å². The number of alkyl halides is 2. The first-order valence-corrected chi connectivity index (χ1v) is 4.70. The van der Waals surface area contributed by atoms with E-state index in [1.54, 1.807) is 0 Å². The molecule has 1 aromatic rings. The minimum atomic E-state index is -3.10. The lowest BCUT2D eigenvalue weighted by atomic mass is 9.98. The minimum Gasteiger partial charge on any atom is -0.496 e. The summed E-state index contributed by atoms with van der Waals surface area (Å²) in [6, 6.07) is 4.07. The molecule has 88 valence electrons. The zero-order valence-electron chi connectivity index (χ0n) is 9.09. The number of hydrogen-bond donors (Lipinski definition) is 1. The van der Waals surface area contributed by atoms with Gasteiger partial charge in [-0.15, -0.1) is 0 Å². The number of methoxy groups -OCH3 is 1. The molecule has 0 aliphatic rings. The van der Waals surface area contributed by atoms with Gasteiger partial charge in [-0.05, 0) is 6.07 Å². The Hall–Kier alpha value is -1.49. The lowest BCUT2D eigenvalue weighted by molar-refractivity contribution is 0.0162. The number of hydrogen-bond acceptors (Lipinski definition) is 3. The minimum absolute atomic E-state index is 0.120. The highest BCUT2D eigenvalue weighted by molar-refractivity contribution is 6.01. The molecule has 1 rings (SSSR count). The van der Waals surface area contributed by atoms with E-state index >= 15 is 0 Å². The summed E-state index contributed by atoms with van der Waals surface area (Å²) in [7, 11) is 1.32.